The lowest BCUT2D eigenvalue weighted by molar-refractivity contribution is -0.119. The third-order valence-corrected chi connectivity index (χ3v) is 5.93. The molecule has 2 saturated heterocycles. The zero-order valence-electron chi connectivity index (χ0n) is 14.0. The van der Waals surface area contributed by atoms with Gasteiger partial charge in [0, 0.05) is 5.75 Å². The van der Waals surface area contributed by atoms with Crippen LogP contribution in [0.2, 0.25) is 0 Å². The summed E-state index contributed by atoms with van der Waals surface area (Å²) in [6.45, 7) is 2.03. The van der Waals surface area contributed by atoms with Crippen LogP contribution in [0.3, 0.4) is 0 Å². The highest BCUT2D eigenvalue weighted by Crippen LogP contribution is 2.47. The molecule has 2 atom stereocenters. The van der Waals surface area contributed by atoms with Gasteiger partial charge in [0.05, 0.1) is 12.8 Å². The summed E-state index contributed by atoms with van der Waals surface area (Å²) in [6, 6.07) is 14.5. The first-order chi connectivity index (χ1) is 12.1. The number of fused-ring (bicyclic) bond motifs is 1. The van der Waals surface area contributed by atoms with E-state index < -0.39 is 6.04 Å². The number of nitrogens with zero attached hydrogens (tertiary/aromatic N) is 2. The highest BCUT2D eigenvalue weighted by molar-refractivity contribution is 7.99. The number of imide groups is 1. The molecule has 2 fully saturated rings. The third kappa shape index (κ3) is 2.48. The molecule has 2 heterocycles. The fraction of sp³-hybridized carbons (Fsp3) is 0.263. The van der Waals surface area contributed by atoms with Gasteiger partial charge in [-0.1, -0.05) is 42.0 Å². The van der Waals surface area contributed by atoms with E-state index in [0.29, 0.717) is 17.2 Å². The Morgan fingerprint density at radius 3 is 2.52 bits per heavy atom. The lowest BCUT2D eigenvalue weighted by atomic mass is 10.1. The maximum Gasteiger partial charge on any atom is 0.333 e. The largest absolute Gasteiger partial charge is 0.495 e. The van der Waals surface area contributed by atoms with Crippen LogP contribution >= 0.6 is 11.8 Å². The van der Waals surface area contributed by atoms with Crippen molar-refractivity contribution in [2.75, 3.05) is 17.8 Å². The van der Waals surface area contributed by atoms with Crippen LogP contribution in [-0.2, 0) is 4.79 Å². The van der Waals surface area contributed by atoms with Gasteiger partial charge in [-0.25, -0.2) is 9.69 Å². The number of thioether (sulfide) groups is 1. The van der Waals surface area contributed by atoms with E-state index in [1.807, 2.05) is 37.3 Å². The monoisotopic (exact) mass is 354 g/mol. The number of amides is 3. The second-order valence-electron chi connectivity index (χ2n) is 6.15. The molecule has 0 N–H and O–H groups in total. The Morgan fingerprint density at radius 1 is 1.08 bits per heavy atom. The molecule has 128 valence electrons. The molecule has 2 aromatic carbocycles. The number of benzene rings is 2. The minimum Gasteiger partial charge on any atom is -0.495 e. The van der Waals surface area contributed by atoms with Crippen LogP contribution in [0.5, 0.6) is 5.75 Å². The first-order valence-electron chi connectivity index (χ1n) is 8.09. The van der Waals surface area contributed by atoms with Crippen LogP contribution in [0.1, 0.15) is 16.5 Å². The number of urea groups is 1. The zero-order chi connectivity index (χ0) is 17.6. The van der Waals surface area contributed by atoms with Crippen LogP contribution in [0.4, 0.5) is 10.5 Å². The van der Waals surface area contributed by atoms with Gasteiger partial charge in [-0.2, -0.15) is 0 Å². The van der Waals surface area contributed by atoms with Crippen LogP contribution in [0.25, 0.3) is 0 Å². The second-order valence-corrected chi connectivity index (χ2v) is 7.26. The molecule has 5 nitrogen and oxygen atoms in total. The summed E-state index contributed by atoms with van der Waals surface area (Å²) in [5.41, 5.74) is 2.71. The van der Waals surface area contributed by atoms with E-state index in [1.54, 1.807) is 34.9 Å². The number of hydrogen-bond acceptors (Lipinski definition) is 4. The Kier molecular flexibility index (Phi) is 3.92. The average Bonchev–Trinajstić information content (AvgIpc) is 3.16. The smallest absolute Gasteiger partial charge is 0.333 e. The molecule has 0 spiro atoms. The summed E-state index contributed by atoms with van der Waals surface area (Å²) < 4.78 is 5.33. The van der Waals surface area contributed by atoms with Crippen molar-refractivity contribution in [2.24, 2.45) is 0 Å². The Hall–Kier alpha value is -2.47. The first kappa shape index (κ1) is 16.0. The predicted molar refractivity (Wildman–Crippen MR) is 97.9 cm³/mol. The number of carbonyl (C=O) groups excluding carboxylic acids is 2. The van der Waals surface area contributed by atoms with Crippen LogP contribution in [0.15, 0.2) is 48.5 Å². The highest BCUT2D eigenvalue weighted by atomic mass is 32.2. The number of anilines is 1. The van der Waals surface area contributed by atoms with Crippen molar-refractivity contribution < 1.29 is 14.3 Å². The van der Waals surface area contributed by atoms with E-state index in [-0.39, 0.29) is 17.3 Å². The van der Waals surface area contributed by atoms with Crippen molar-refractivity contribution in [3.05, 3.63) is 59.7 Å². The SMILES string of the molecule is COc1ccccc1N1C(=O)[C@@H]2CS[C@@H](c3ccc(C)cc3)N2C1=O. The van der Waals surface area contributed by atoms with Gasteiger partial charge in [-0.15, -0.1) is 11.8 Å². The summed E-state index contributed by atoms with van der Waals surface area (Å²) in [5, 5.41) is -0.137. The minimum absolute atomic E-state index is 0.137. The van der Waals surface area contributed by atoms with Crippen LogP contribution in [0, 0.1) is 6.92 Å². The maximum atomic E-state index is 13.1. The molecule has 0 radical (unpaired) electrons. The molecule has 0 saturated carbocycles. The number of carbonyl (C=O) groups is 2. The number of methoxy groups -OCH3 is 1. The minimum atomic E-state index is -0.422. The van der Waals surface area contributed by atoms with Crippen molar-refractivity contribution in [3.8, 4) is 5.75 Å². The van der Waals surface area contributed by atoms with Gasteiger partial charge in [0.25, 0.3) is 5.91 Å². The normalized spacial score (nSPS) is 22.5. The van der Waals surface area contributed by atoms with Gasteiger partial charge < -0.3 is 4.74 Å². The Labute approximate surface area is 150 Å². The standard InChI is InChI=1S/C19H18N2O3S/c1-12-7-9-13(10-8-12)18-21-15(11-25-18)17(22)20(19(21)23)14-5-3-4-6-16(14)24-2/h3-10,15,18H,11H2,1-2H3/t15-,18-/m0/s1. The molecule has 2 aromatic rings. The molecule has 2 aliphatic heterocycles. The fourth-order valence-electron chi connectivity index (χ4n) is 3.31. The van der Waals surface area contributed by atoms with Crippen LogP contribution < -0.4 is 9.64 Å². The molecule has 6 heteroatoms. The fourth-order valence-corrected chi connectivity index (χ4v) is 4.73. The summed E-state index contributed by atoms with van der Waals surface area (Å²) in [6.07, 6.45) is 0. The van der Waals surface area contributed by atoms with E-state index in [1.165, 1.54) is 17.6 Å². The topological polar surface area (TPSA) is 49.9 Å². The van der Waals surface area contributed by atoms with Crippen molar-refractivity contribution in [3.63, 3.8) is 0 Å². The van der Waals surface area contributed by atoms with Gasteiger partial charge in [0.15, 0.2) is 0 Å². The Bertz CT molecular complexity index is 837. The van der Waals surface area contributed by atoms with E-state index in [9.17, 15) is 9.59 Å². The van der Waals surface area contributed by atoms with Crippen molar-refractivity contribution in [2.45, 2.75) is 18.3 Å². The number of ether oxygens (including phenoxy) is 1. The second kappa shape index (κ2) is 6.11. The maximum absolute atomic E-state index is 13.1. The molecule has 2 aliphatic rings. The number of hydrogen-bond donors (Lipinski definition) is 0. The molecule has 0 aliphatic carbocycles. The van der Waals surface area contributed by atoms with Gasteiger partial charge in [-0.05, 0) is 24.6 Å². The highest BCUT2D eigenvalue weighted by Gasteiger charge is 2.53. The summed E-state index contributed by atoms with van der Waals surface area (Å²) in [5.74, 6) is 0.941. The molecular weight excluding hydrogens is 336 g/mol. The molecule has 0 unspecified atom stereocenters. The van der Waals surface area contributed by atoms with Gasteiger partial charge in [-0.3, -0.25) is 9.69 Å². The predicted octanol–water partition coefficient (Wildman–Crippen LogP) is 3.59. The number of para-hydroxylation sites is 2. The molecule has 25 heavy (non-hydrogen) atoms. The Balaban J connectivity index is 1.70. The quantitative estimate of drug-likeness (QED) is 0.791. The lowest BCUT2D eigenvalue weighted by Crippen LogP contribution is -2.34. The van der Waals surface area contributed by atoms with Crippen molar-refractivity contribution >= 4 is 29.4 Å². The zero-order valence-corrected chi connectivity index (χ0v) is 14.8. The number of rotatable bonds is 3. The molecular formula is C19H18N2O3S. The molecule has 0 aromatic heterocycles. The van der Waals surface area contributed by atoms with E-state index in [4.69, 9.17) is 4.74 Å². The van der Waals surface area contributed by atoms with E-state index in [2.05, 4.69) is 0 Å². The van der Waals surface area contributed by atoms with E-state index >= 15 is 0 Å². The third-order valence-electron chi connectivity index (χ3n) is 4.61. The van der Waals surface area contributed by atoms with Crippen molar-refractivity contribution in [1.29, 1.82) is 0 Å². The molecule has 3 amide bonds. The summed E-state index contributed by atoms with van der Waals surface area (Å²) in [7, 11) is 1.54. The Morgan fingerprint density at radius 2 is 1.80 bits per heavy atom. The number of aryl methyl sites for hydroxylation is 1. The lowest BCUT2D eigenvalue weighted by Gasteiger charge is -2.23. The van der Waals surface area contributed by atoms with Gasteiger partial charge in [0.1, 0.15) is 17.2 Å². The van der Waals surface area contributed by atoms with Gasteiger partial charge in [0.2, 0.25) is 0 Å². The first-order valence-corrected chi connectivity index (χ1v) is 9.14. The van der Waals surface area contributed by atoms with Gasteiger partial charge >= 0.3 is 6.03 Å². The molecule has 4 rings (SSSR count). The van der Waals surface area contributed by atoms with E-state index in [0.717, 1.165) is 5.56 Å². The van der Waals surface area contributed by atoms with Crippen molar-refractivity contribution in [1.82, 2.24) is 4.90 Å². The average molecular weight is 354 g/mol. The summed E-state index contributed by atoms with van der Waals surface area (Å²) >= 11 is 1.63. The molecule has 0 bridgehead atoms. The van der Waals surface area contributed by atoms with Crippen LogP contribution in [-0.4, -0.2) is 35.7 Å². The summed E-state index contributed by atoms with van der Waals surface area (Å²) in [4.78, 5) is 28.9.